The lowest BCUT2D eigenvalue weighted by Gasteiger charge is -2.07. The second kappa shape index (κ2) is 4.82. The van der Waals surface area contributed by atoms with Crippen molar-refractivity contribution in [2.24, 2.45) is 4.99 Å². The summed E-state index contributed by atoms with van der Waals surface area (Å²) in [6, 6.07) is 0.467. The van der Waals surface area contributed by atoms with Crippen LogP contribution in [0.4, 0.5) is 0 Å². The van der Waals surface area contributed by atoms with E-state index in [9.17, 15) is 0 Å². The highest BCUT2D eigenvalue weighted by Gasteiger charge is 2.11. The van der Waals surface area contributed by atoms with Crippen LogP contribution >= 0.6 is 11.3 Å². The lowest BCUT2D eigenvalue weighted by Crippen LogP contribution is -2.38. The van der Waals surface area contributed by atoms with Crippen molar-refractivity contribution in [2.45, 2.75) is 33.2 Å². The van der Waals surface area contributed by atoms with Gasteiger partial charge in [0.1, 0.15) is 0 Å². The van der Waals surface area contributed by atoms with Gasteiger partial charge < -0.3 is 10.6 Å². The SMILES string of the molecule is Cc1nc(C)c(CCNC2=NCC(C)N2)s1. The smallest absolute Gasteiger partial charge is 0.191 e. The normalized spacial score (nSPS) is 19.4. The minimum absolute atomic E-state index is 0.467. The van der Waals surface area contributed by atoms with Crippen LogP contribution in [0.15, 0.2) is 4.99 Å². The Balaban J connectivity index is 1.78. The molecule has 1 atom stereocenters. The summed E-state index contributed by atoms with van der Waals surface area (Å²) in [5, 5.41) is 7.75. The number of thiazole rings is 1. The molecule has 0 amide bonds. The molecule has 0 saturated carbocycles. The molecule has 5 heteroatoms. The van der Waals surface area contributed by atoms with E-state index >= 15 is 0 Å². The van der Waals surface area contributed by atoms with Gasteiger partial charge in [-0.25, -0.2) is 4.98 Å². The number of guanidine groups is 1. The van der Waals surface area contributed by atoms with Crippen LogP contribution in [0.5, 0.6) is 0 Å². The fraction of sp³-hybridized carbons (Fsp3) is 0.636. The monoisotopic (exact) mass is 238 g/mol. The molecule has 2 heterocycles. The molecule has 1 aliphatic rings. The van der Waals surface area contributed by atoms with Gasteiger partial charge in [0.05, 0.1) is 17.2 Å². The van der Waals surface area contributed by atoms with Crippen LogP contribution in [-0.4, -0.2) is 30.1 Å². The highest BCUT2D eigenvalue weighted by Crippen LogP contribution is 2.16. The fourth-order valence-electron chi connectivity index (χ4n) is 1.76. The molecular weight excluding hydrogens is 220 g/mol. The zero-order valence-electron chi connectivity index (χ0n) is 10.0. The standard InChI is InChI=1S/C11H18N4S/c1-7-6-13-11(14-7)12-5-4-10-8(2)15-9(3)16-10/h7H,4-6H2,1-3H3,(H2,12,13,14). The fourth-order valence-corrected chi connectivity index (χ4v) is 2.70. The van der Waals surface area contributed by atoms with E-state index in [1.165, 1.54) is 10.6 Å². The predicted octanol–water partition coefficient (Wildman–Crippen LogP) is 1.24. The van der Waals surface area contributed by atoms with E-state index in [4.69, 9.17) is 0 Å². The summed E-state index contributed by atoms with van der Waals surface area (Å²) in [4.78, 5) is 10.1. The summed E-state index contributed by atoms with van der Waals surface area (Å²) in [6.07, 6.45) is 1.02. The Bertz CT molecular complexity index is 397. The summed E-state index contributed by atoms with van der Waals surface area (Å²) in [5.74, 6) is 0.936. The maximum absolute atomic E-state index is 4.42. The van der Waals surface area contributed by atoms with Crippen LogP contribution in [-0.2, 0) is 6.42 Å². The topological polar surface area (TPSA) is 49.3 Å². The van der Waals surface area contributed by atoms with Gasteiger partial charge in [0.25, 0.3) is 0 Å². The second-order valence-electron chi connectivity index (χ2n) is 4.15. The summed E-state index contributed by atoms with van der Waals surface area (Å²) in [5.41, 5.74) is 1.17. The second-order valence-corrected chi connectivity index (χ2v) is 5.44. The summed E-state index contributed by atoms with van der Waals surface area (Å²) in [7, 11) is 0. The van der Waals surface area contributed by atoms with Crippen molar-refractivity contribution in [3.05, 3.63) is 15.6 Å². The van der Waals surface area contributed by atoms with E-state index in [-0.39, 0.29) is 0 Å². The number of aromatic nitrogens is 1. The van der Waals surface area contributed by atoms with Gasteiger partial charge in [0, 0.05) is 23.9 Å². The summed E-state index contributed by atoms with van der Waals surface area (Å²) < 4.78 is 0. The molecule has 88 valence electrons. The van der Waals surface area contributed by atoms with Crippen LogP contribution in [0.2, 0.25) is 0 Å². The third-order valence-corrected chi connectivity index (χ3v) is 3.68. The van der Waals surface area contributed by atoms with Crippen molar-refractivity contribution in [3.8, 4) is 0 Å². The molecular formula is C11H18N4S. The van der Waals surface area contributed by atoms with E-state index in [0.29, 0.717) is 6.04 Å². The van der Waals surface area contributed by atoms with Crippen LogP contribution < -0.4 is 10.6 Å². The molecule has 0 spiro atoms. The Morgan fingerprint density at radius 1 is 1.50 bits per heavy atom. The van der Waals surface area contributed by atoms with Gasteiger partial charge in [-0.2, -0.15) is 0 Å². The van der Waals surface area contributed by atoms with Crippen molar-refractivity contribution in [1.82, 2.24) is 15.6 Å². The van der Waals surface area contributed by atoms with Gasteiger partial charge in [-0.1, -0.05) is 0 Å². The Hall–Kier alpha value is -1.10. The lowest BCUT2D eigenvalue weighted by molar-refractivity contribution is 0.712. The van der Waals surface area contributed by atoms with Crippen molar-refractivity contribution in [1.29, 1.82) is 0 Å². The van der Waals surface area contributed by atoms with Gasteiger partial charge in [-0.3, -0.25) is 4.99 Å². The van der Waals surface area contributed by atoms with Crippen molar-refractivity contribution in [2.75, 3.05) is 13.1 Å². The molecule has 0 saturated heterocycles. The molecule has 2 rings (SSSR count). The van der Waals surface area contributed by atoms with Crippen LogP contribution in [0.25, 0.3) is 0 Å². The molecule has 0 radical (unpaired) electrons. The molecule has 1 aromatic rings. The minimum atomic E-state index is 0.467. The van der Waals surface area contributed by atoms with Crippen LogP contribution in [0.3, 0.4) is 0 Å². The predicted molar refractivity (Wildman–Crippen MR) is 68.2 cm³/mol. The third-order valence-electron chi connectivity index (χ3n) is 2.55. The van der Waals surface area contributed by atoms with Crippen LogP contribution in [0.1, 0.15) is 22.5 Å². The Kier molecular flexibility index (Phi) is 3.43. The van der Waals surface area contributed by atoms with Gasteiger partial charge in [0.15, 0.2) is 5.96 Å². The number of hydrogen-bond acceptors (Lipinski definition) is 5. The summed E-state index contributed by atoms with van der Waals surface area (Å²) in [6.45, 7) is 8.06. The Morgan fingerprint density at radius 3 is 2.88 bits per heavy atom. The van der Waals surface area contributed by atoms with Gasteiger partial charge >= 0.3 is 0 Å². The Morgan fingerprint density at radius 2 is 2.31 bits per heavy atom. The molecule has 0 fully saturated rings. The first-order valence-corrected chi connectivity index (χ1v) is 6.44. The molecule has 0 aromatic carbocycles. The van der Waals surface area contributed by atoms with Crippen LogP contribution in [0, 0.1) is 13.8 Å². The van der Waals surface area contributed by atoms with Crippen molar-refractivity contribution in [3.63, 3.8) is 0 Å². The van der Waals surface area contributed by atoms with E-state index in [1.54, 1.807) is 11.3 Å². The first kappa shape index (κ1) is 11.4. The van der Waals surface area contributed by atoms with E-state index < -0.39 is 0 Å². The number of aryl methyl sites for hydroxylation is 2. The Labute approximate surface area is 100 Å². The number of rotatable bonds is 3. The number of hydrogen-bond donors (Lipinski definition) is 2. The van der Waals surface area contributed by atoms with Crippen molar-refractivity contribution < 1.29 is 0 Å². The highest BCUT2D eigenvalue weighted by molar-refractivity contribution is 7.11. The average Bonchev–Trinajstić information content (AvgIpc) is 2.74. The zero-order chi connectivity index (χ0) is 11.5. The zero-order valence-corrected chi connectivity index (χ0v) is 10.8. The number of nitrogens with one attached hydrogen (secondary N) is 2. The minimum Gasteiger partial charge on any atom is -0.356 e. The molecule has 0 aliphatic carbocycles. The number of nitrogens with zero attached hydrogens (tertiary/aromatic N) is 2. The lowest BCUT2D eigenvalue weighted by atomic mass is 10.3. The first-order chi connectivity index (χ1) is 7.65. The molecule has 2 N–H and O–H groups in total. The molecule has 1 aromatic heterocycles. The maximum Gasteiger partial charge on any atom is 0.191 e. The van der Waals surface area contributed by atoms with Crippen molar-refractivity contribution >= 4 is 17.3 Å². The largest absolute Gasteiger partial charge is 0.356 e. The number of aliphatic imine (C=N–C) groups is 1. The molecule has 1 unspecified atom stereocenters. The van der Waals surface area contributed by atoms with E-state index in [2.05, 4.69) is 41.4 Å². The quantitative estimate of drug-likeness (QED) is 0.833. The third kappa shape index (κ3) is 2.72. The molecule has 0 bridgehead atoms. The first-order valence-electron chi connectivity index (χ1n) is 5.63. The van der Waals surface area contributed by atoms with E-state index in [1.807, 2.05) is 0 Å². The van der Waals surface area contributed by atoms with Gasteiger partial charge in [-0.05, 0) is 20.8 Å². The summed E-state index contributed by atoms with van der Waals surface area (Å²) >= 11 is 1.79. The molecule has 4 nitrogen and oxygen atoms in total. The maximum atomic E-state index is 4.42. The molecule has 16 heavy (non-hydrogen) atoms. The van der Waals surface area contributed by atoms with Gasteiger partial charge in [-0.15, -0.1) is 11.3 Å². The van der Waals surface area contributed by atoms with E-state index in [0.717, 1.165) is 30.5 Å². The average molecular weight is 238 g/mol. The molecule has 1 aliphatic heterocycles. The highest BCUT2D eigenvalue weighted by atomic mass is 32.1. The van der Waals surface area contributed by atoms with Gasteiger partial charge in [0.2, 0.25) is 0 Å².